The summed E-state index contributed by atoms with van der Waals surface area (Å²) in [5.41, 5.74) is 0. The lowest BCUT2D eigenvalue weighted by atomic mass is 9.88. The molecule has 2 atom stereocenters. The van der Waals surface area contributed by atoms with Gasteiger partial charge >= 0.3 is 0 Å². The van der Waals surface area contributed by atoms with Crippen molar-refractivity contribution in [3.63, 3.8) is 0 Å². The van der Waals surface area contributed by atoms with Crippen molar-refractivity contribution >= 4 is 5.91 Å². The van der Waals surface area contributed by atoms with E-state index in [9.17, 15) is 4.79 Å². The first-order valence-corrected chi connectivity index (χ1v) is 8.27. The van der Waals surface area contributed by atoms with Crippen molar-refractivity contribution in [1.82, 2.24) is 10.2 Å². The van der Waals surface area contributed by atoms with Crippen LogP contribution >= 0.6 is 0 Å². The number of ether oxygens (including phenoxy) is 1. The van der Waals surface area contributed by atoms with Gasteiger partial charge in [-0.2, -0.15) is 0 Å². The third-order valence-corrected chi connectivity index (χ3v) is 5.40. The SMILES string of the molecule is COCC1CCN(C(=O)CC2CC3CCC(C2)N3)CC1. The summed E-state index contributed by atoms with van der Waals surface area (Å²) in [7, 11) is 1.77. The number of fused-ring (bicyclic) bond motifs is 2. The highest BCUT2D eigenvalue weighted by Crippen LogP contribution is 2.33. The summed E-state index contributed by atoms with van der Waals surface area (Å²) in [6, 6.07) is 1.39. The van der Waals surface area contributed by atoms with Crippen LogP contribution in [0.2, 0.25) is 0 Å². The minimum absolute atomic E-state index is 0.396. The number of piperidine rings is 2. The molecule has 2 unspecified atom stereocenters. The van der Waals surface area contributed by atoms with Gasteiger partial charge in [0.25, 0.3) is 0 Å². The fraction of sp³-hybridized carbons (Fsp3) is 0.938. The Balaban J connectivity index is 1.43. The van der Waals surface area contributed by atoms with Crippen molar-refractivity contribution in [3.05, 3.63) is 0 Å². The number of nitrogens with zero attached hydrogens (tertiary/aromatic N) is 1. The molecule has 0 aliphatic carbocycles. The van der Waals surface area contributed by atoms with E-state index < -0.39 is 0 Å². The van der Waals surface area contributed by atoms with Crippen LogP contribution in [0.25, 0.3) is 0 Å². The van der Waals surface area contributed by atoms with Gasteiger partial charge in [-0.3, -0.25) is 4.79 Å². The van der Waals surface area contributed by atoms with Crippen molar-refractivity contribution in [1.29, 1.82) is 0 Å². The third kappa shape index (κ3) is 3.34. The molecule has 1 N–H and O–H groups in total. The maximum absolute atomic E-state index is 12.4. The van der Waals surface area contributed by atoms with Gasteiger partial charge in [-0.15, -0.1) is 0 Å². The van der Waals surface area contributed by atoms with Gasteiger partial charge in [-0.25, -0.2) is 0 Å². The normalized spacial score (nSPS) is 34.5. The van der Waals surface area contributed by atoms with Gasteiger partial charge in [-0.1, -0.05) is 0 Å². The molecule has 114 valence electrons. The molecule has 0 aromatic heterocycles. The van der Waals surface area contributed by atoms with Crippen molar-refractivity contribution in [2.24, 2.45) is 11.8 Å². The second-order valence-electron chi connectivity index (χ2n) is 6.96. The summed E-state index contributed by atoms with van der Waals surface area (Å²) in [6.45, 7) is 2.72. The molecule has 0 radical (unpaired) electrons. The molecule has 1 amide bonds. The van der Waals surface area contributed by atoms with Gasteiger partial charge in [0.2, 0.25) is 5.91 Å². The Morgan fingerprint density at radius 2 is 1.75 bits per heavy atom. The Morgan fingerprint density at radius 3 is 2.35 bits per heavy atom. The molecule has 3 fully saturated rings. The fourth-order valence-electron chi connectivity index (χ4n) is 4.30. The van der Waals surface area contributed by atoms with E-state index in [4.69, 9.17) is 4.74 Å². The maximum Gasteiger partial charge on any atom is 0.222 e. The first-order valence-electron chi connectivity index (χ1n) is 8.27. The first kappa shape index (κ1) is 14.3. The predicted octanol–water partition coefficient (Wildman–Crippen LogP) is 1.79. The molecule has 3 heterocycles. The fourth-order valence-corrected chi connectivity index (χ4v) is 4.30. The summed E-state index contributed by atoms with van der Waals surface area (Å²) < 4.78 is 5.22. The summed E-state index contributed by atoms with van der Waals surface area (Å²) in [6.07, 6.45) is 8.05. The Morgan fingerprint density at radius 1 is 1.10 bits per heavy atom. The molecule has 0 spiro atoms. The molecular formula is C16H28N2O2. The van der Waals surface area contributed by atoms with E-state index in [1.807, 2.05) is 0 Å². The van der Waals surface area contributed by atoms with Gasteiger partial charge < -0.3 is 15.0 Å². The van der Waals surface area contributed by atoms with Crippen LogP contribution in [0.5, 0.6) is 0 Å². The summed E-state index contributed by atoms with van der Waals surface area (Å²) >= 11 is 0. The quantitative estimate of drug-likeness (QED) is 0.853. The molecule has 2 bridgehead atoms. The number of hydrogen-bond acceptors (Lipinski definition) is 3. The second kappa shape index (κ2) is 6.44. The van der Waals surface area contributed by atoms with E-state index in [2.05, 4.69) is 10.2 Å². The minimum Gasteiger partial charge on any atom is -0.384 e. The number of carbonyl (C=O) groups excluding carboxylic acids is 1. The lowest BCUT2D eigenvalue weighted by Crippen LogP contribution is -2.43. The van der Waals surface area contributed by atoms with Crippen LogP contribution in [-0.4, -0.2) is 49.7 Å². The van der Waals surface area contributed by atoms with Gasteiger partial charge in [0.15, 0.2) is 0 Å². The summed E-state index contributed by atoms with van der Waals surface area (Å²) in [5.74, 6) is 1.67. The summed E-state index contributed by atoms with van der Waals surface area (Å²) in [5, 5.41) is 3.65. The van der Waals surface area contributed by atoms with Crippen LogP contribution < -0.4 is 5.32 Å². The number of carbonyl (C=O) groups is 1. The van der Waals surface area contributed by atoms with E-state index in [0.717, 1.165) is 39.0 Å². The zero-order valence-corrected chi connectivity index (χ0v) is 12.6. The predicted molar refractivity (Wildman–Crippen MR) is 78.5 cm³/mol. The molecule has 0 saturated carbocycles. The van der Waals surface area contributed by atoms with E-state index >= 15 is 0 Å². The highest BCUT2D eigenvalue weighted by atomic mass is 16.5. The van der Waals surface area contributed by atoms with E-state index in [1.165, 1.54) is 25.7 Å². The molecule has 3 rings (SSSR count). The zero-order valence-electron chi connectivity index (χ0n) is 12.6. The van der Waals surface area contributed by atoms with Gasteiger partial charge in [0.1, 0.15) is 0 Å². The number of amides is 1. The average Bonchev–Trinajstić information content (AvgIpc) is 2.79. The van der Waals surface area contributed by atoms with Crippen molar-refractivity contribution in [2.45, 2.75) is 57.0 Å². The Hall–Kier alpha value is -0.610. The molecule has 3 aliphatic rings. The first-order chi connectivity index (χ1) is 9.74. The molecule has 3 saturated heterocycles. The van der Waals surface area contributed by atoms with Crippen molar-refractivity contribution < 1.29 is 9.53 Å². The van der Waals surface area contributed by atoms with Crippen LogP contribution in [-0.2, 0) is 9.53 Å². The number of nitrogens with one attached hydrogen (secondary N) is 1. The average molecular weight is 280 g/mol. The van der Waals surface area contributed by atoms with E-state index in [-0.39, 0.29) is 0 Å². The Kier molecular flexibility index (Phi) is 4.61. The van der Waals surface area contributed by atoms with Crippen LogP contribution in [0.3, 0.4) is 0 Å². The zero-order chi connectivity index (χ0) is 13.9. The lowest BCUT2D eigenvalue weighted by Gasteiger charge is -2.34. The van der Waals surface area contributed by atoms with Gasteiger partial charge in [-0.05, 0) is 50.4 Å². The van der Waals surface area contributed by atoms with Crippen molar-refractivity contribution in [3.8, 4) is 0 Å². The van der Waals surface area contributed by atoms with Gasteiger partial charge in [0.05, 0.1) is 0 Å². The van der Waals surface area contributed by atoms with Crippen molar-refractivity contribution in [2.75, 3.05) is 26.8 Å². The molecule has 0 aromatic carbocycles. The van der Waals surface area contributed by atoms with Crippen LogP contribution in [0, 0.1) is 11.8 Å². The Bertz CT molecular complexity index is 327. The standard InChI is InChI=1S/C16H28N2O2/c1-20-11-12-4-6-18(7-5-12)16(19)10-13-8-14-2-3-15(9-13)17-14/h12-15,17H,2-11H2,1H3. The lowest BCUT2D eigenvalue weighted by molar-refractivity contribution is -0.134. The topological polar surface area (TPSA) is 41.6 Å². The molecule has 3 aliphatic heterocycles. The number of likely N-dealkylation sites (tertiary alicyclic amines) is 1. The van der Waals surface area contributed by atoms with Crippen LogP contribution in [0.4, 0.5) is 0 Å². The number of methoxy groups -OCH3 is 1. The molecule has 4 heteroatoms. The smallest absolute Gasteiger partial charge is 0.222 e. The van der Waals surface area contributed by atoms with Gasteiger partial charge in [0, 0.05) is 45.3 Å². The maximum atomic E-state index is 12.4. The van der Waals surface area contributed by atoms with E-state index in [0.29, 0.717) is 29.8 Å². The van der Waals surface area contributed by atoms with Crippen LogP contribution in [0.1, 0.15) is 44.9 Å². The van der Waals surface area contributed by atoms with E-state index in [1.54, 1.807) is 7.11 Å². The largest absolute Gasteiger partial charge is 0.384 e. The minimum atomic E-state index is 0.396. The monoisotopic (exact) mass is 280 g/mol. The highest BCUT2D eigenvalue weighted by Gasteiger charge is 2.35. The molecular weight excluding hydrogens is 252 g/mol. The third-order valence-electron chi connectivity index (χ3n) is 5.40. The molecule has 4 nitrogen and oxygen atoms in total. The molecule has 0 aromatic rings. The molecule has 20 heavy (non-hydrogen) atoms. The summed E-state index contributed by atoms with van der Waals surface area (Å²) in [4.78, 5) is 14.5. The second-order valence-corrected chi connectivity index (χ2v) is 6.96. The van der Waals surface area contributed by atoms with Crippen LogP contribution in [0.15, 0.2) is 0 Å². The number of rotatable bonds is 4. The Labute approximate surface area is 122 Å². The number of hydrogen-bond donors (Lipinski definition) is 1. The highest BCUT2D eigenvalue weighted by molar-refractivity contribution is 5.76.